The van der Waals surface area contributed by atoms with Gasteiger partial charge in [-0.2, -0.15) is 0 Å². The first-order valence-electron chi connectivity index (χ1n) is 7.63. The topological polar surface area (TPSA) is 60.5 Å². The van der Waals surface area contributed by atoms with Crippen LogP contribution in [0.2, 0.25) is 0 Å². The number of ether oxygens (including phenoxy) is 2. The van der Waals surface area contributed by atoms with Crippen LogP contribution in [0.25, 0.3) is 0 Å². The zero-order valence-corrected chi connectivity index (χ0v) is 13.1. The van der Waals surface area contributed by atoms with Crippen LogP contribution in [0.15, 0.2) is 48.7 Å². The number of nitrogens with zero attached hydrogens (tertiary/aromatic N) is 1. The molecule has 1 amide bonds. The highest BCUT2D eigenvalue weighted by Gasteiger charge is 2.33. The summed E-state index contributed by atoms with van der Waals surface area (Å²) in [6.07, 6.45) is 1.59. The van der Waals surface area contributed by atoms with E-state index in [9.17, 15) is 4.79 Å². The van der Waals surface area contributed by atoms with Gasteiger partial charge >= 0.3 is 0 Å². The molecule has 0 bridgehead atoms. The first kappa shape index (κ1) is 15.5. The van der Waals surface area contributed by atoms with E-state index in [1.165, 1.54) is 0 Å². The predicted octanol–water partition coefficient (Wildman–Crippen LogP) is 2.43. The molecule has 1 aromatic heterocycles. The molecule has 3 rings (SSSR count). The van der Waals surface area contributed by atoms with Gasteiger partial charge in [-0.05, 0) is 11.6 Å². The highest BCUT2D eigenvalue weighted by atomic mass is 16.5. The Bertz CT molecular complexity index is 669. The molecule has 1 saturated heterocycles. The molecular formula is C18H20N2O3. The molecule has 2 heterocycles. The second kappa shape index (κ2) is 6.79. The summed E-state index contributed by atoms with van der Waals surface area (Å²) in [7, 11) is 0. The van der Waals surface area contributed by atoms with E-state index in [0.717, 1.165) is 5.56 Å². The third-order valence-corrected chi connectivity index (χ3v) is 3.80. The number of pyridine rings is 1. The second-order valence-corrected chi connectivity index (χ2v) is 6.14. The lowest BCUT2D eigenvalue weighted by atomic mass is 9.89. The van der Waals surface area contributed by atoms with Gasteiger partial charge < -0.3 is 14.8 Å². The zero-order chi connectivity index (χ0) is 16.1. The van der Waals surface area contributed by atoms with Crippen LogP contribution in [0.1, 0.15) is 22.8 Å². The zero-order valence-electron chi connectivity index (χ0n) is 13.1. The largest absolute Gasteiger partial charge is 0.473 e. The Morgan fingerprint density at radius 3 is 2.78 bits per heavy atom. The summed E-state index contributed by atoms with van der Waals surface area (Å²) in [6.45, 7) is 4.50. The van der Waals surface area contributed by atoms with Crippen molar-refractivity contribution >= 4 is 5.91 Å². The standard InChI is InChI=1S/C18H20N2O3/c1-18(12-22-13-18)11-20-17(21)15-7-8-19-16(9-15)23-10-14-5-3-2-4-6-14/h2-9H,10-13H2,1H3,(H,20,21). The van der Waals surface area contributed by atoms with Gasteiger partial charge in [0.05, 0.1) is 13.2 Å². The lowest BCUT2D eigenvalue weighted by molar-refractivity contribution is -0.0978. The van der Waals surface area contributed by atoms with Crippen molar-refractivity contribution in [2.75, 3.05) is 19.8 Å². The monoisotopic (exact) mass is 312 g/mol. The van der Waals surface area contributed by atoms with Crippen molar-refractivity contribution in [1.29, 1.82) is 0 Å². The van der Waals surface area contributed by atoms with Crippen LogP contribution in [-0.4, -0.2) is 30.6 Å². The van der Waals surface area contributed by atoms with Gasteiger partial charge in [0.1, 0.15) is 6.61 Å². The number of amides is 1. The summed E-state index contributed by atoms with van der Waals surface area (Å²) in [5.74, 6) is 0.324. The fourth-order valence-electron chi connectivity index (χ4n) is 2.31. The molecule has 1 aliphatic heterocycles. The van der Waals surface area contributed by atoms with E-state index in [4.69, 9.17) is 9.47 Å². The molecular weight excluding hydrogens is 292 g/mol. The fourth-order valence-corrected chi connectivity index (χ4v) is 2.31. The Hall–Kier alpha value is -2.40. The van der Waals surface area contributed by atoms with Crippen molar-refractivity contribution in [3.63, 3.8) is 0 Å². The van der Waals surface area contributed by atoms with Gasteiger partial charge in [0.25, 0.3) is 5.91 Å². The van der Waals surface area contributed by atoms with Crippen molar-refractivity contribution in [3.8, 4) is 5.88 Å². The maximum absolute atomic E-state index is 12.2. The molecule has 0 spiro atoms. The summed E-state index contributed by atoms with van der Waals surface area (Å²) in [6, 6.07) is 13.2. The van der Waals surface area contributed by atoms with E-state index in [2.05, 4.69) is 17.2 Å². The smallest absolute Gasteiger partial charge is 0.251 e. The SMILES string of the molecule is CC1(CNC(=O)c2ccnc(OCc3ccccc3)c2)COC1. The lowest BCUT2D eigenvalue weighted by Crippen LogP contribution is -2.48. The first-order valence-corrected chi connectivity index (χ1v) is 7.63. The van der Waals surface area contributed by atoms with Gasteiger partial charge in [-0.15, -0.1) is 0 Å². The van der Waals surface area contributed by atoms with E-state index >= 15 is 0 Å². The molecule has 1 aromatic carbocycles. The Kier molecular flexibility index (Phi) is 4.57. The van der Waals surface area contributed by atoms with Crippen molar-refractivity contribution in [1.82, 2.24) is 10.3 Å². The van der Waals surface area contributed by atoms with Crippen LogP contribution in [-0.2, 0) is 11.3 Å². The van der Waals surface area contributed by atoms with E-state index in [1.54, 1.807) is 18.3 Å². The fraction of sp³-hybridized carbons (Fsp3) is 0.333. The Balaban J connectivity index is 1.57. The van der Waals surface area contributed by atoms with E-state index in [1.807, 2.05) is 30.3 Å². The molecule has 1 aliphatic rings. The summed E-state index contributed by atoms with van der Waals surface area (Å²) in [4.78, 5) is 16.4. The van der Waals surface area contributed by atoms with Crippen molar-refractivity contribution in [3.05, 3.63) is 59.8 Å². The number of nitrogens with one attached hydrogen (secondary N) is 1. The number of aromatic nitrogens is 1. The van der Waals surface area contributed by atoms with Crippen LogP contribution < -0.4 is 10.1 Å². The molecule has 0 aliphatic carbocycles. The number of carbonyl (C=O) groups is 1. The molecule has 1 N–H and O–H groups in total. The normalized spacial score (nSPS) is 15.5. The minimum Gasteiger partial charge on any atom is -0.473 e. The highest BCUT2D eigenvalue weighted by Crippen LogP contribution is 2.25. The third kappa shape index (κ3) is 4.07. The molecule has 0 radical (unpaired) electrons. The van der Waals surface area contributed by atoms with Crippen molar-refractivity contribution in [2.45, 2.75) is 13.5 Å². The summed E-state index contributed by atoms with van der Waals surface area (Å²) < 4.78 is 10.8. The minimum absolute atomic E-state index is 0.0509. The van der Waals surface area contributed by atoms with Crippen LogP contribution in [0.5, 0.6) is 5.88 Å². The van der Waals surface area contributed by atoms with E-state index in [0.29, 0.717) is 37.8 Å². The second-order valence-electron chi connectivity index (χ2n) is 6.14. The Morgan fingerprint density at radius 2 is 2.09 bits per heavy atom. The van der Waals surface area contributed by atoms with Crippen molar-refractivity contribution < 1.29 is 14.3 Å². The molecule has 0 unspecified atom stereocenters. The summed E-state index contributed by atoms with van der Waals surface area (Å²) in [5.41, 5.74) is 1.66. The first-order chi connectivity index (χ1) is 11.1. The molecule has 120 valence electrons. The van der Waals surface area contributed by atoms with Gasteiger partial charge in [-0.1, -0.05) is 37.3 Å². The Morgan fingerprint density at radius 1 is 1.30 bits per heavy atom. The van der Waals surface area contributed by atoms with E-state index < -0.39 is 0 Å². The molecule has 0 saturated carbocycles. The molecule has 2 aromatic rings. The minimum atomic E-state index is -0.120. The quantitative estimate of drug-likeness (QED) is 0.890. The van der Waals surface area contributed by atoms with Gasteiger partial charge in [-0.25, -0.2) is 4.98 Å². The van der Waals surface area contributed by atoms with Gasteiger partial charge in [0.15, 0.2) is 0 Å². The van der Waals surface area contributed by atoms with Crippen LogP contribution in [0, 0.1) is 5.41 Å². The maximum Gasteiger partial charge on any atom is 0.251 e. The highest BCUT2D eigenvalue weighted by molar-refractivity contribution is 5.94. The summed E-state index contributed by atoms with van der Waals surface area (Å²) >= 11 is 0. The van der Waals surface area contributed by atoms with Crippen LogP contribution >= 0.6 is 0 Å². The number of benzene rings is 1. The van der Waals surface area contributed by atoms with E-state index in [-0.39, 0.29) is 11.3 Å². The average Bonchev–Trinajstić information content (AvgIpc) is 2.57. The van der Waals surface area contributed by atoms with Crippen LogP contribution in [0.4, 0.5) is 0 Å². The number of hydrogen-bond donors (Lipinski definition) is 1. The van der Waals surface area contributed by atoms with Crippen molar-refractivity contribution in [2.24, 2.45) is 5.41 Å². The number of hydrogen-bond acceptors (Lipinski definition) is 4. The predicted molar refractivity (Wildman–Crippen MR) is 86.3 cm³/mol. The van der Waals surface area contributed by atoms with Gasteiger partial charge in [0.2, 0.25) is 5.88 Å². The summed E-state index contributed by atoms with van der Waals surface area (Å²) in [5, 5.41) is 2.94. The van der Waals surface area contributed by atoms with Crippen LogP contribution in [0.3, 0.4) is 0 Å². The number of carbonyl (C=O) groups excluding carboxylic acids is 1. The lowest BCUT2D eigenvalue weighted by Gasteiger charge is -2.38. The third-order valence-electron chi connectivity index (χ3n) is 3.80. The van der Waals surface area contributed by atoms with Gasteiger partial charge in [0, 0.05) is 29.8 Å². The number of rotatable bonds is 6. The maximum atomic E-state index is 12.2. The molecule has 5 nitrogen and oxygen atoms in total. The molecule has 1 fully saturated rings. The Labute approximate surface area is 135 Å². The van der Waals surface area contributed by atoms with Gasteiger partial charge in [-0.3, -0.25) is 4.79 Å². The average molecular weight is 312 g/mol. The molecule has 5 heteroatoms. The molecule has 0 atom stereocenters. The molecule has 23 heavy (non-hydrogen) atoms.